The third kappa shape index (κ3) is 4.42. The number of thiazole rings is 1. The van der Waals surface area contributed by atoms with Crippen molar-refractivity contribution >= 4 is 23.2 Å². The van der Waals surface area contributed by atoms with Gasteiger partial charge in [-0.2, -0.15) is 0 Å². The number of carbonyl (C=O) groups is 2. The Morgan fingerprint density at radius 3 is 2.80 bits per heavy atom. The maximum atomic E-state index is 12.3. The molecule has 0 aliphatic carbocycles. The molecule has 3 heterocycles. The zero-order chi connectivity index (χ0) is 17.8. The highest BCUT2D eigenvalue weighted by Crippen LogP contribution is 2.20. The Balaban J connectivity index is 1.47. The van der Waals surface area contributed by atoms with Gasteiger partial charge in [-0.25, -0.2) is 4.98 Å². The van der Waals surface area contributed by atoms with E-state index in [1.165, 1.54) is 4.88 Å². The molecule has 0 radical (unpaired) electrons. The number of hydrogen-bond acceptors (Lipinski definition) is 5. The number of hydrogen-bond donors (Lipinski definition) is 1. The SMILES string of the molecule is Cc1nc(CCNC(=O)[C@@H]2CC(=O)N(Cc3ccncc3)C2)sc1C. The van der Waals surface area contributed by atoms with Crippen molar-refractivity contribution in [2.75, 3.05) is 13.1 Å². The number of amides is 2. The highest BCUT2D eigenvalue weighted by molar-refractivity contribution is 7.11. The minimum Gasteiger partial charge on any atom is -0.355 e. The smallest absolute Gasteiger partial charge is 0.225 e. The summed E-state index contributed by atoms with van der Waals surface area (Å²) in [4.78, 5) is 35.9. The van der Waals surface area contributed by atoms with Crippen LogP contribution in [-0.4, -0.2) is 39.8 Å². The van der Waals surface area contributed by atoms with Crippen molar-refractivity contribution < 1.29 is 9.59 Å². The van der Waals surface area contributed by atoms with E-state index in [9.17, 15) is 9.59 Å². The maximum absolute atomic E-state index is 12.3. The van der Waals surface area contributed by atoms with Crippen LogP contribution in [0.5, 0.6) is 0 Å². The summed E-state index contributed by atoms with van der Waals surface area (Å²) in [5.74, 6) is -0.284. The van der Waals surface area contributed by atoms with Crippen molar-refractivity contribution in [3.63, 3.8) is 0 Å². The average molecular weight is 358 g/mol. The first-order valence-corrected chi connectivity index (χ1v) is 9.22. The summed E-state index contributed by atoms with van der Waals surface area (Å²) in [5, 5.41) is 3.98. The summed E-state index contributed by atoms with van der Waals surface area (Å²) in [6.45, 7) is 5.61. The number of aromatic nitrogens is 2. The Bertz CT molecular complexity index is 740. The first-order valence-electron chi connectivity index (χ1n) is 8.40. The zero-order valence-corrected chi connectivity index (χ0v) is 15.3. The number of aryl methyl sites for hydroxylation is 2. The van der Waals surface area contributed by atoms with E-state index in [-0.39, 0.29) is 24.2 Å². The molecule has 0 bridgehead atoms. The number of rotatable bonds is 6. The molecular formula is C18H22N4O2S. The third-order valence-corrected chi connectivity index (χ3v) is 5.55. The fraction of sp³-hybridized carbons (Fsp3) is 0.444. The van der Waals surface area contributed by atoms with E-state index < -0.39 is 0 Å². The minimum absolute atomic E-state index is 0.0307. The van der Waals surface area contributed by atoms with Crippen LogP contribution in [0.3, 0.4) is 0 Å². The molecule has 0 unspecified atom stereocenters. The van der Waals surface area contributed by atoms with Crippen molar-refractivity contribution in [1.29, 1.82) is 0 Å². The molecule has 0 saturated carbocycles. The first kappa shape index (κ1) is 17.5. The fourth-order valence-electron chi connectivity index (χ4n) is 2.89. The number of carbonyl (C=O) groups excluding carboxylic acids is 2. The van der Waals surface area contributed by atoms with Crippen LogP contribution in [0, 0.1) is 19.8 Å². The second-order valence-corrected chi connectivity index (χ2v) is 7.61. The Kier molecular flexibility index (Phi) is 5.43. The van der Waals surface area contributed by atoms with Crippen LogP contribution in [0.25, 0.3) is 0 Å². The Labute approximate surface area is 151 Å². The van der Waals surface area contributed by atoms with Gasteiger partial charge >= 0.3 is 0 Å². The standard InChI is InChI=1S/C18H22N4O2S/c1-12-13(2)25-16(21-12)5-8-20-18(24)15-9-17(23)22(11-15)10-14-3-6-19-7-4-14/h3-4,6-7,15H,5,8-11H2,1-2H3,(H,20,24)/t15-/m1/s1. The van der Waals surface area contributed by atoms with Gasteiger partial charge in [0.05, 0.1) is 16.6 Å². The molecular weight excluding hydrogens is 336 g/mol. The lowest BCUT2D eigenvalue weighted by Crippen LogP contribution is -2.34. The molecule has 7 heteroatoms. The van der Waals surface area contributed by atoms with E-state index in [1.807, 2.05) is 19.1 Å². The van der Waals surface area contributed by atoms with Crippen molar-refractivity contribution in [1.82, 2.24) is 20.2 Å². The predicted octanol–water partition coefficient (Wildman–Crippen LogP) is 1.86. The highest BCUT2D eigenvalue weighted by Gasteiger charge is 2.34. The number of likely N-dealkylation sites (tertiary alicyclic amines) is 1. The molecule has 25 heavy (non-hydrogen) atoms. The Morgan fingerprint density at radius 1 is 1.36 bits per heavy atom. The first-order chi connectivity index (χ1) is 12.0. The van der Waals surface area contributed by atoms with Gasteiger partial charge in [0.25, 0.3) is 0 Å². The van der Waals surface area contributed by atoms with E-state index in [0.717, 1.165) is 22.7 Å². The molecule has 6 nitrogen and oxygen atoms in total. The lowest BCUT2D eigenvalue weighted by atomic mass is 10.1. The third-order valence-electron chi connectivity index (χ3n) is 4.42. The van der Waals surface area contributed by atoms with Crippen molar-refractivity contribution in [3.8, 4) is 0 Å². The molecule has 3 rings (SSSR count). The Morgan fingerprint density at radius 2 is 2.12 bits per heavy atom. The van der Waals surface area contributed by atoms with Gasteiger partial charge in [0, 0.05) is 49.7 Å². The quantitative estimate of drug-likeness (QED) is 0.855. The van der Waals surface area contributed by atoms with Gasteiger partial charge < -0.3 is 10.2 Å². The molecule has 1 aliphatic heterocycles. The Hall–Kier alpha value is -2.28. The summed E-state index contributed by atoms with van der Waals surface area (Å²) in [6.07, 6.45) is 4.43. The van der Waals surface area contributed by atoms with Gasteiger partial charge in [-0.3, -0.25) is 14.6 Å². The van der Waals surface area contributed by atoms with Crippen molar-refractivity contribution in [3.05, 3.63) is 45.7 Å². The van der Waals surface area contributed by atoms with Gasteiger partial charge in [-0.15, -0.1) is 11.3 Å². The van der Waals surface area contributed by atoms with Gasteiger partial charge in [-0.05, 0) is 31.5 Å². The number of nitrogens with one attached hydrogen (secondary N) is 1. The van der Waals surface area contributed by atoms with E-state index in [0.29, 0.717) is 19.6 Å². The van der Waals surface area contributed by atoms with E-state index in [4.69, 9.17) is 0 Å². The summed E-state index contributed by atoms with van der Waals surface area (Å²) in [6, 6.07) is 3.78. The van der Waals surface area contributed by atoms with Crippen molar-refractivity contribution in [2.24, 2.45) is 5.92 Å². The van der Waals surface area contributed by atoms with Gasteiger partial charge in [0.15, 0.2) is 0 Å². The zero-order valence-electron chi connectivity index (χ0n) is 14.5. The molecule has 1 aliphatic rings. The molecule has 132 valence electrons. The maximum Gasteiger partial charge on any atom is 0.225 e. The summed E-state index contributed by atoms with van der Waals surface area (Å²) in [7, 11) is 0. The molecule has 2 aromatic rings. The number of pyridine rings is 1. The summed E-state index contributed by atoms with van der Waals surface area (Å²) < 4.78 is 0. The normalized spacial score (nSPS) is 17.1. The number of nitrogens with zero attached hydrogens (tertiary/aromatic N) is 3. The predicted molar refractivity (Wildman–Crippen MR) is 96.1 cm³/mol. The molecule has 1 N–H and O–H groups in total. The van der Waals surface area contributed by atoms with Crippen LogP contribution >= 0.6 is 11.3 Å². The summed E-state index contributed by atoms with van der Waals surface area (Å²) >= 11 is 1.67. The lowest BCUT2D eigenvalue weighted by molar-refractivity contribution is -0.129. The molecule has 2 aromatic heterocycles. The van der Waals surface area contributed by atoms with E-state index >= 15 is 0 Å². The van der Waals surface area contributed by atoms with Crippen LogP contribution < -0.4 is 5.32 Å². The van der Waals surface area contributed by atoms with Crippen LogP contribution in [-0.2, 0) is 22.6 Å². The largest absolute Gasteiger partial charge is 0.355 e. The van der Waals surface area contributed by atoms with Crippen LogP contribution in [0.15, 0.2) is 24.5 Å². The van der Waals surface area contributed by atoms with Crippen LogP contribution in [0.2, 0.25) is 0 Å². The second kappa shape index (κ2) is 7.74. The van der Waals surface area contributed by atoms with E-state index in [1.54, 1.807) is 28.6 Å². The van der Waals surface area contributed by atoms with Crippen LogP contribution in [0.1, 0.15) is 27.6 Å². The topological polar surface area (TPSA) is 75.2 Å². The monoisotopic (exact) mass is 358 g/mol. The molecule has 1 saturated heterocycles. The average Bonchev–Trinajstić information content (AvgIpc) is 3.11. The van der Waals surface area contributed by atoms with Crippen molar-refractivity contribution in [2.45, 2.75) is 33.2 Å². The van der Waals surface area contributed by atoms with Gasteiger partial charge in [0.2, 0.25) is 11.8 Å². The summed E-state index contributed by atoms with van der Waals surface area (Å²) in [5.41, 5.74) is 2.08. The molecule has 2 amide bonds. The van der Waals surface area contributed by atoms with Crippen LogP contribution in [0.4, 0.5) is 0 Å². The van der Waals surface area contributed by atoms with Gasteiger partial charge in [0.1, 0.15) is 0 Å². The van der Waals surface area contributed by atoms with E-state index in [2.05, 4.69) is 22.2 Å². The lowest BCUT2D eigenvalue weighted by Gasteiger charge is -2.16. The second-order valence-electron chi connectivity index (χ2n) is 6.32. The highest BCUT2D eigenvalue weighted by atomic mass is 32.1. The molecule has 1 fully saturated rings. The fourth-order valence-corrected chi connectivity index (χ4v) is 3.83. The molecule has 1 atom stereocenters. The molecule has 0 aromatic carbocycles. The van der Waals surface area contributed by atoms with Gasteiger partial charge in [-0.1, -0.05) is 0 Å². The molecule has 0 spiro atoms. The minimum atomic E-state index is -0.269.